The number of ether oxygens (including phenoxy) is 1. The van der Waals surface area contributed by atoms with Gasteiger partial charge >= 0.3 is 23.9 Å². The van der Waals surface area contributed by atoms with Crippen molar-refractivity contribution in [2.75, 3.05) is 0 Å². The molecule has 0 bridgehead atoms. The van der Waals surface area contributed by atoms with E-state index in [0.29, 0.717) is 12.8 Å². The van der Waals surface area contributed by atoms with Crippen molar-refractivity contribution < 1.29 is 39.2 Å². The zero-order chi connectivity index (χ0) is 17.9. The quantitative estimate of drug-likeness (QED) is 0.696. The van der Waals surface area contributed by atoms with Crippen LogP contribution in [-0.2, 0) is 4.74 Å². The van der Waals surface area contributed by atoms with Crippen LogP contribution in [-0.4, -0.2) is 45.3 Å². The topological polar surface area (TPSA) is 138 Å². The molecular formula is C16H16O8. The molecule has 1 aromatic rings. The van der Waals surface area contributed by atoms with Crippen molar-refractivity contribution >= 4 is 23.9 Å². The minimum atomic E-state index is -1.70. The molecule has 3 N–H and O–H groups in total. The van der Waals surface area contributed by atoms with Gasteiger partial charge in [-0.3, -0.25) is 0 Å². The van der Waals surface area contributed by atoms with Gasteiger partial charge in [-0.2, -0.15) is 0 Å². The summed E-state index contributed by atoms with van der Waals surface area (Å²) in [5, 5.41) is 27.4. The third-order valence-corrected chi connectivity index (χ3v) is 3.87. The van der Waals surface area contributed by atoms with Gasteiger partial charge < -0.3 is 20.1 Å². The normalized spacial score (nSPS) is 14.8. The van der Waals surface area contributed by atoms with Gasteiger partial charge in [0.05, 0.1) is 22.3 Å². The third-order valence-electron chi connectivity index (χ3n) is 3.87. The maximum absolute atomic E-state index is 12.2. The maximum atomic E-state index is 12.2. The number of carbonyl (C=O) groups is 4. The average Bonchev–Trinajstić information content (AvgIpc) is 2.54. The Morgan fingerprint density at radius 2 is 1.33 bits per heavy atom. The fraction of sp³-hybridized carbons (Fsp3) is 0.375. The van der Waals surface area contributed by atoms with Crippen LogP contribution in [0.15, 0.2) is 12.1 Å². The minimum absolute atomic E-state index is 0.291. The molecule has 24 heavy (non-hydrogen) atoms. The Balaban J connectivity index is 2.43. The Bertz CT molecular complexity index is 665. The van der Waals surface area contributed by atoms with Gasteiger partial charge in [0, 0.05) is 0 Å². The lowest BCUT2D eigenvalue weighted by atomic mass is 9.96. The molecule has 1 fully saturated rings. The predicted molar refractivity (Wildman–Crippen MR) is 79.6 cm³/mol. The summed E-state index contributed by atoms with van der Waals surface area (Å²) in [7, 11) is 0. The van der Waals surface area contributed by atoms with Crippen molar-refractivity contribution in [3.8, 4) is 0 Å². The Morgan fingerprint density at radius 3 is 1.75 bits per heavy atom. The number of carboxylic acid groups (broad SMARTS) is 3. The van der Waals surface area contributed by atoms with Crippen molar-refractivity contribution in [3.63, 3.8) is 0 Å². The molecule has 1 saturated carbocycles. The van der Waals surface area contributed by atoms with Crippen LogP contribution in [0.2, 0.25) is 0 Å². The summed E-state index contributed by atoms with van der Waals surface area (Å²) in [5.41, 5.74) is -2.69. The van der Waals surface area contributed by atoms with Gasteiger partial charge in [0.1, 0.15) is 6.10 Å². The number of aromatic carboxylic acids is 3. The van der Waals surface area contributed by atoms with E-state index >= 15 is 0 Å². The van der Waals surface area contributed by atoms with Crippen LogP contribution in [0.3, 0.4) is 0 Å². The second-order valence-corrected chi connectivity index (χ2v) is 5.53. The van der Waals surface area contributed by atoms with Gasteiger partial charge in [-0.25, -0.2) is 19.2 Å². The Labute approximate surface area is 136 Å². The van der Waals surface area contributed by atoms with Crippen LogP contribution in [0.1, 0.15) is 73.5 Å². The van der Waals surface area contributed by atoms with E-state index in [-0.39, 0.29) is 11.7 Å². The van der Waals surface area contributed by atoms with Gasteiger partial charge in [0.25, 0.3) is 0 Å². The van der Waals surface area contributed by atoms with Crippen LogP contribution in [0.5, 0.6) is 0 Å². The second-order valence-electron chi connectivity index (χ2n) is 5.53. The number of rotatable bonds is 5. The predicted octanol–water partition coefficient (Wildman–Crippen LogP) is 2.27. The van der Waals surface area contributed by atoms with Crippen molar-refractivity contribution in [2.24, 2.45) is 0 Å². The molecule has 8 heteroatoms. The lowest BCUT2D eigenvalue weighted by Crippen LogP contribution is -2.22. The highest BCUT2D eigenvalue weighted by molar-refractivity contribution is 6.11. The first-order valence-corrected chi connectivity index (χ1v) is 7.40. The molecule has 0 amide bonds. The Morgan fingerprint density at radius 1 is 0.833 bits per heavy atom. The monoisotopic (exact) mass is 336 g/mol. The van der Waals surface area contributed by atoms with Crippen LogP contribution in [0.25, 0.3) is 0 Å². The smallest absolute Gasteiger partial charge is 0.338 e. The number of carboxylic acids is 3. The summed E-state index contributed by atoms with van der Waals surface area (Å²) in [6, 6.07) is 1.67. The molecule has 0 saturated heterocycles. The fourth-order valence-corrected chi connectivity index (χ4v) is 2.73. The lowest BCUT2D eigenvalue weighted by Gasteiger charge is -2.22. The SMILES string of the molecule is O=C(OC1CCCCC1)c1cc(C(=O)O)c(C(=O)O)c(C(=O)O)c1. The lowest BCUT2D eigenvalue weighted by molar-refractivity contribution is 0.0210. The van der Waals surface area contributed by atoms with E-state index in [1.54, 1.807) is 0 Å². The minimum Gasteiger partial charge on any atom is -0.478 e. The highest BCUT2D eigenvalue weighted by atomic mass is 16.5. The van der Waals surface area contributed by atoms with Gasteiger partial charge in [-0.05, 0) is 37.8 Å². The van der Waals surface area contributed by atoms with E-state index < -0.39 is 40.6 Å². The molecule has 0 aliphatic heterocycles. The van der Waals surface area contributed by atoms with Gasteiger partial charge in [0.2, 0.25) is 0 Å². The first-order valence-electron chi connectivity index (χ1n) is 7.40. The molecule has 2 rings (SSSR count). The van der Waals surface area contributed by atoms with Crippen LogP contribution >= 0.6 is 0 Å². The number of hydrogen-bond donors (Lipinski definition) is 3. The first kappa shape index (κ1) is 17.5. The molecule has 128 valence electrons. The molecule has 0 heterocycles. The summed E-state index contributed by atoms with van der Waals surface area (Å²) < 4.78 is 5.27. The second kappa shape index (κ2) is 7.12. The summed E-state index contributed by atoms with van der Waals surface area (Å²) in [4.78, 5) is 45.9. The number of esters is 1. The van der Waals surface area contributed by atoms with Crippen molar-refractivity contribution in [2.45, 2.75) is 38.2 Å². The maximum Gasteiger partial charge on any atom is 0.338 e. The molecule has 1 aromatic carbocycles. The summed E-state index contributed by atoms with van der Waals surface area (Å²) in [6.45, 7) is 0. The molecular weight excluding hydrogens is 320 g/mol. The highest BCUT2D eigenvalue weighted by Gasteiger charge is 2.28. The fourth-order valence-electron chi connectivity index (χ4n) is 2.73. The zero-order valence-electron chi connectivity index (χ0n) is 12.7. The molecule has 0 unspecified atom stereocenters. The molecule has 0 atom stereocenters. The zero-order valence-corrected chi connectivity index (χ0v) is 12.7. The van der Waals surface area contributed by atoms with E-state index in [0.717, 1.165) is 31.4 Å². The highest BCUT2D eigenvalue weighted by Crippen LogP contribution is 2.24. The summed E-state index contributed by atoms with van der Waals surface area (Å²) in [5.74, 6) is -5.83. The summed E-state index contributed by atoms with van der Waals surface area (Å²) in [6.07, 6.45) is 3.96. The van der Waals surface area contributed by atoms with E-state index in [9.17, 15) is 19.2 Å². The van der Waals surface area contributed by atoms with E-state index in [1.807, 2.05) is 0 Å². The number of hydrogen-bond acceptors (Lipinski definition) is 5. The number of carbonyl (C=O) groups excluding carboxylic acids is 1. The summed E-state index contributed by atoms with van der Waals surface area (Å²) >= 11 is 0. The van der Waals surface area contributed by atoms with Crippen LogP contribution < -0.4 is 0 Å². The standard InChI is InChI=1S/C16H16O8/c17-13(18)10-6-8(7-11(14(19)20)12(10)15(21)22)16(23)24-9-4-2-1-3-5-9/h6-7,9H,1-5H2,(H,17,18)(H,19,20)(H,21,22). The van der Waals surface area contributed by atoms with E-state index in [1.165, 1.54) is 0 Å². The molecule has 1 aliphatic rings. The Hall–Kier alpha value is -2.90. The van der Waals surface area contributed by atoms with Crippen molar-refractivity contribution in [1.29, 1.82) is 0 Å². The van der Waals surface area contributed by atoms with Crippen molar-refractivity contribution in [3.05, 3.63) is 34.4 Å². The van der Waals surface area contributed by atoms with Crippen LogP contribution in [0, 0.1) is 0 Å². The molecule has 0 spiro atoms. The molecule has 0 radical (unpaired) electrons. The van der Waals surface area contributed by atoms with Crippen LogP contribution in [0.4, 0.5) is 0 Å². The van der Waals surface area contributed by atoms with E-state index in [4.69, 9.17) is 20.1 Å². The average molecular weight is 336 g/mol. The Kier molecular flexibility index (Phi) is 5.18. The van der Waals surface area contributed by atoms with Crippen molar-refractivity contribution in [1.82, 2.24) is 0 Å². The van der Waals surface area contributed by atoms with Gasteiger partial charge in [0.15, 0.2) is 0 Å². The number of benzene rings is 1. The first-order chi connectivity index (χ1) is 11.3. The molecule has 1 aliphatic carbocycles. The van der Waals surface area contributed by atoms with Gasteiger partial charge in [-0.1, -0.05) is 6.42 Å². The van der Waals surface area contributed by atoms with E-state index in [2.05, 4.69) is 0 Å². The van der Waals surface area contributed by atoms with Gasteiger partial charge in [-0.15, -0.1) is 0 Å². The largest absolute Gasteiger partial charge is 0.478 e. The molecule has 8 nitrogen and oxygen atoms in total. The molecule has 0 aromatic heterocycles. The third kappa shape index (κ3) is 3.70.